The third-order valence-electron chi connectivity index (χ3n) is 5.89. The van der Waals surface area contributed by atoms with Gasteiger partial charge in [0.1, 0.15) is 12.0 Å². The number of pyridine rings is 2. The molecule has 0 radical (unpaired) electrons. The Hall–Kier alpha value is -2.90. The number of unbranched alkanes of at least 4 members (excludes halogenated alkanes) is 1. The molecule has 1 amide bonds. The molecule has 2 heterocycles. The lowest BCUT2D eigenvalue weighted by atomic mass is 9.94. The number of carbonyl (C=O) groups is 1. The summed E-state index contributed by atoms with van der Waals surface area (Å²) in [5.41, 5.74) is 3.41. The summed E-state index contributed by atoms with van der Waals surface area (Å²) < 4.78 is 13.0. The Morgan fingerprint density at radius 3 is 2.40 bits per heavy atom. The number of carbonyl (C=O) groups excluding carboxylic acids is 1. The maximum absolute atomic E-state index is 13.0. The summed E-state index contributed by atoms with van der Waals surface area (Å²) in [4.78, 5) is 20.6. The molecule has 2 aromatic heterocycles. The van der Waals surface area contributed by atoms with Gasteiger partial charge in [0.2, 0.25) is 5.91 Å². The topological polar surface area (TPSA) is 95.3 Å². The van der Waals surface area contributed by atoms with Gasteiger partial charge in [-0.05, 0) is 37.5 Å². The molecule has 0 saturated heterocycles. The predicted molar refractivity (Wildman–Crippen MR) is 140 cm³/mol. The summed E-state index contributed by atoms with van der Waals surface area (Å²) >= 11 is 0. The minimum Gasteiger partial charge on any atom is -0.362 e. The van der Waals surface area contributed by atoms with E-state index in [4.69, 9.17) is 0 Å². The van der Waals surface area contributed by atoms with Crippen molar-refractivity contribution in [2.45, 2.75) is 78.7 Å². The van der Waals surface area contributed by atoms with E-state index in [-0.39, 0.29) is 24.3 Å². The minimum absolute atomic E-state index is 0.204. The van der Waals surface area contributed by atoms with Crippen LogP contribution in [0.25, 0.3) is 16.5 Å². The third kappa shape index (κ3) is 7.80. The van der Waals surface area contributed by atoms with Crippen molar-refractivity contribution in [3.05, 3.63) is 60.0 Å². The zero-order chi connectivity index (χ0) is 26.2. The molecule has 1 aliphatic carbocycles. The van der Waals surface area contributed by atoms with Gasteiger partial charge in [-0.25, -0.2) is 9.37 Å². The van der Waals surface area contributed by atoms with Crippen molar-refractivity contribution < 1.29 is 19.4 Å². The molecule has 2 atom stereocenters. The van der Waals surface area contributed by atoms with Crippen molar-refractivity contribution in [2.75, 3.05) is 5.32 Å². The van der Waals surface area contributed by atoms with E-state index >= 15 is 0 Å². The highest BCUT2D eigenvalue weighted by molar-refractivity contribution is 5.95. The average Bonchev–Trinajstić information content (AvgIpc) is 3.56. The van der Waals surface area contributed by atoms with Gasteiger partial charge < -0.3 is 15.5 Å². The quantitative estimate of drug-likeness (QED) is 0.295. The molecular formula is C28H38FN3O3. The van der Waals surface area contributed by atoms with Crippen LogP contribution in [0.5, 0.6) is 0 Å². The molecule has 3 rings (SSSR count). The molecule has 0 bridgehead atoms. The lowest BCUT2D eigenvalue weighted by molar-refractivity contribution is -0.130. The number of hydrogen-bond acceptors (Lipinski definition) is 5. The number of alkyl halides is 1. The van der Waals surface area contributed by atoms with Gasteiger partial charge in [-0.2, -0.15) is 0 Å². The largest absolute Gasteiger partial charge is 0.362 e. The van der Waals surface area contributed by atoms with E-state index in [2.05, 4.69) is 35.7 Å². The average molecular weight is 484 g/mol. The summed E-state index contributed by atoms with van der Waals surface area (Å²) in [7, 11) is 0. The number of anilines is 1. The first-order valence-electron chi connectivity index (χ1n) is 12.3. The first kappa shape index (κ1) is 28.3. The maximum Gasteiger partial charge on any atom is 0.231 e. The van der Waals surface area contributed by atoms with Gasteiger partial charge in [-0.15, -0.1) is 0 Å². The predicted octanol–water partition coefficient (Wildman–Crippen LogP) is 6.12. The van der Waals surface area contributed by atoms with E-state index in [9.17, 15) is 19.4 Å². The van der Waals surface area contributed by atoms with Gasteiger partial charge in [-0.3, -0.25) is 9.78 Å². The molecule has 1 fully saturated rings. The first-order valence-corrected chi connectivity index (χ1v) is 12.3. The molecule has 0 aromatic carbocycles. The first-order chi connectivity index (χ1) is 16.6. The summed E-state index contributed by atoms with van der Waals surface area (Å²) in [6, 6.07) is 3.58. The van der Waals surface area contributed by atoms with Gasteiger partial charge >= 0.3 is 0 Å². The number of nitrogens with one attached hydrogen (secondary N) is 1. The van der Waals surface area contributed by atoms with Crippen LogP contribution >= 0.6 is 0 Å². The van der Waals surface area contributed by atoms with Crippen LogP contribution in [-0.2, 0) is 4.79 Å². The number of aromatic nitrogens is 2. The molecule has 1 aliphatic rings. The zero-order valence-electron chi connectivity index (χ0n) is 21.4. The van der Waals surface area contributed by atoms with E-state index in [1.54, 1.807) is 24.5 Å². The van der Waals surface area contributed by atoms with Crippen LogP contribution in [0.4, 0.5) is 10.2 Å². The fourth-order valence-electron chi connectivity index (χ4n) is 3.48. The van der Waals surface area contributed by atoms with Crippen molar-refractivity contribution in [3.63, 3.8) is 0 Å². The highest BCUT2D eigenvalue weighted by Gasteiger charge is 2.43. The summed E-state index contributed by atoms with van der Waals surface area (Å²) in [5, 5.41) is 23.7. The molecular weight excluding hydrogens is 445 g/mol. The van der Waals surface area contributed by atoms with Crippen LogP contribution in [0.3, 0.4) is 0 Å². The van der Waals surface area contributed by atoms with Crippen molar-refractivity contribution in [2.24, 2.45) is 5.92 Å². The molecule has 7 heteroatoms. The van der Waals surface area contributed by atoms with Gasteiger partial charge in [0, 0.05) is 41.4 Å². The number of allylic oxidation sites excluding steroid dienone is 3. The molecule has 0 spiro atoms. The van der Waals surface area contributed by atoms with Crippen molar-refractivity contribution in [1.82, 2.24) is 9.97 Å². The fraction of sp³-hybridized carbons (Fsp3) is 0.464. The monoisotopic (exact) mass is 483 g/mol. The number of fused-ring (bicyclic) bond motifs is 1. The number of rotatable bonds is 9. The van der Waals surface area contributed by atoms with Gasteiger partial charge in [-0.1, -0.05) is 58.8 Å². The lowest BCUT2D eigenvalue weighted by Gasteiger charge is -2.22. The smallest absolute Gasteiger partial charge is 0.231 e. The number of halogens is 1. The lowest BCUT2D eigenvalue weighted by Crippen LogP contribution is -2.29. The molecule has 0 aliphatic heterocycles. The Morgan fingerprint density at radius 1 is 1.20 bits per heavy atom. The van der Waals surface area contributed by atoms with E-state index in [1.165, 1.54) is 12.8 Å². The minimum atomic E-state index is -1.94. The second-order valence-corrected chi connectivity index (χ2v) is 8.96. The Labute approximate surface area is 207 Å². The van der Waals surface area contributed by atoms with E-state index < -0.39 is 17.9 Å². The van der Waals surface area contributed by atoms with Crippen molar-refractivity contribution in [3.8, 4) is 0 Å². The molecule has 190 valence electrons. The van der Waals surface area contributed by atoms with Gasteiger partial charge in [0.25, 0.3) is 0 Å². The van der Waals surface area contributed by atoms with Crippen LogP contribution in [0, 0.1) is 5.92 Å². The van der Waals surface area contributed by atoms with E-state index in [0.717, 1.165) is 22.1 Å². The van der Waals surface area contributed by atoms with E-state index in [1.807, 2.05) is 32.9 Å². The van der Waals surface area contributed by atoms with Crippen LogP contribution in [-0.4, -0.2) is 38.0 Å². The van der Waals surface area contributed by atoms with Crippen molar-refractivity contribution >= 4 is 28.2 Å². The molecule has 1 saturated carbocycles. The zero-order valence-corrected chi connectivity index (χ0v) is 21.4. The Kier molecular flexibility index (Phi) is 10.3. The van der Waals surface area contributed by atoms with Crippen LogP contribution in [0.15, 0.2) is 54.4 Å². The summed E-state index contributed by atoms with van der Waals surface area (Å²) in [6.45, 7) is 13.8. The highest BCUT2D eigenvalue weighted by atomic mass is 19.1. The summed E-state index contributed by atoms with van der Waals surface area (Å²) in [5.74, 6) is -2.54. The summed E-state index contributed by atoms with van der Waals surface area (Å²) in [6.07, 6.45) is 9.57. The Balaban J connectivity index is 0.00000100. The highest BCUT2D eigenvalue weighted by Crippen LogP contribution is 2.35. The second kappa shape index (κ2) is 12.7. The molecule has 6 nitrogen and oxygen atoms in total. The van der Waals surface area contributed by atoms with Crippen LogP contribution in [0.2, 0.25) is 0 Å². The van der Waals surface area contributed by atoms with Crippen LogP contribution in [0.1, 0.15) is 72.3 Å². The molecule has 3 N–H and O–H groups in total. The van der Waals surface area contributed by atoms with E-state index in [0.29, 0.717) is 17.8 Å². The number of aliphatic hydroxyl groups is 2. The normalized spacial score (nSPS) is 18.1. The molecule has 2 aromatic rings. The van der Waals surface area contributed by atoms with Gasteiger partial charge in [0.15, 0.2) is 5.79 Å². The maximum atomic E-state index is 13.0. The molecule has 2 unspecified atom stereocenters. The fourth-order valence-corrected chi connectivity index (χ4v) is 3.48. The molecule has 35 heavy (non-hydrogen) atoms. The second-order valence-electron chi connectivity index (χ2n) is 8.96. The van der Waals surface area contributed by atoms with Crippen molar-refractivity contribution in [1.29, 1.82) is 0 Å². The van der Waals surface area contributed by atoms with Gasteiger partial charge in [0.05, 0.1) is 11.4 Å². The number of nitrogens with zero attached hydrogens (tertiary/aromatic N) is 2. The number of amides is 1. The third-order valence-corrected chi connectivity index (χ3v) is 5.89. The SMILES string of the molecule is C=C(/C=C(C)\C(=C/C)c1cnc2cc(NC(=O)C3CC3F)ncc2c1)C(O)(O)CCC.CCCC. The number of hydrogen-bond donors (Lipinski definition) is 3. The Bertz CT molecular complexity index is 1110. The van der Waals surface area contributed by atoms with Crippen LogP contribution < -0.4 is 5.32 Å². The standard InChI is InChI=1S/C24H28FN3O3.C4H10/c1-5-7-24(30,31)15(4)8-14(3)18(6-2)16-9-17-13-27-22(11-21(17)26-12-16)28-23(29)19-10-20(19)25;1-3-4-2/h6,8-9,11-13,19-20,30-31H,4-5,7,10H2,1-3H3,(H,27,28,29);3-4H2,1-2H3/b14-8-,18-6+;. The Morgan fingerprint density at radius 2 is 1.86 bits per heavy atom.